The third kappa shape index (κ3) is 4.75. The molecule has 0 saturated carbocycles. The summed E-state index contributed by atoms with van der Waals surface area (Å²) in [5.74, 6) is -0.160. The van der Waals surface area contributed by atoms with Crippen LogP contribution in [-0.2, 0) is 20.4 Å². The fourth-order valence-corrected chi connectivity index (χ4v) is 3.34. The number of carbonyl (C=O) groups excluding carboxylic acids is 1. The molecule has 2 saturated heterocycles. The van der Waals surface area contributed by atoms with E-state index >= 15 is 0 Å². The summed E-state index contributed by atoms with van der Waals surface area (Å²) in [5.41, 5.74) is 0.0675. The number of nitrogens with zero attached hydrogens (tertiary/aromatic N) is 1. The summed E-state index contributed by atoms with van der Waals surface area (Å²) >= 11 is 0. The number of alkyl halides is 3. The van der Waals surface area contributed by atoms with Gasteiger partial charge in [0, 0.05) is 26.2 Å². The summed E-state index contributed by atoms with van der Waals surface area (Å²) < 4.78 is 49.2. The lowest BCUT2D eigenvalue weighted by atomic mass is 10.0. The molecule has 3 rings (SSSR count). The molecule has 8 heteroatoms. The second-order valence-electron chi connectivity index (χ2n) is 6.53. The Labute approximate surface area is 150 Å². The van der Waals surface area contributed by atoms with E-state index in [4.69, 9.17) is 9.47 Å². The molecule has 1 aromatic rings. The minimum absolute atomic E-state index is 0.160. The molecule has 2 atom stereocenters. The average molecular weight is 372 g/mol. The van der Waals surface area contributed by atoms with Crippen molar-refractivity contribution >= 4 is 5.91 Å². The van der Waals surface area contributed by atoms with Crippen molar-refractivity contribution in [1.82, 2.24) is 10.2 Å². The minimum Gasteiger partial charge on any atom is -0.379 e. The van der Waals surface area contributed by atoms with Gasteiger partial charge in [-0.15, -0.1) is 0 Å². The van der Waals surface area contributed by atoms with Crippen LogP contribution in [0.15, 0.2) is 24.3 Å². The van der Waals surface area contributed by atoms with Gasteiger partial charge in [0.25, 0.3) is 0 Å². The summed E-state index contributed by atoms with van der Waals surface area (Å²) in [7, 11) is 0. The molecule has 2 aliphatic rings. The summed E-state index contributed by atoms with van der Waals surface area (Å²) in [6.07, 6.45) is -3.22. The van der Waals surface area contributed by atoms with Gasteiger partial charge in [0.1, 0.15) is 6.10 Å². The number of benzene rings is 1. The maximum Gasteiger partial charge on any atom is 0.416 e. The lowest BCUT2D eigenvalue weighted by molar-refractivity contribution is -0.137. The van der Waals surface area contributed by atoms with Crippen molar-refractivity contribution in [2.45, 2.75) is 31.2 Å². The molecule has 1 N–H and O–H groups in total. The quantitative estimate of drug-likeness (QED) is 0.862. The van der Waals surface area contributed by atoms with Gasteiger partial charge < -0.3 is 14.8 Å². The van der Waals surface area contributed by atoms with E-state index in [0.717, 1.165) is 24.1 Å². The van der Waals surface area contributed by atoms with E-state index in [-0.39, 0.29) is 11.9 Å². The maximum absolute atomic E-state index is 12.8. The van der Waals surface area contributed by atoms with Crippen molar-refractivity contribution in [1.29, 1.82) is 0 Å². The number of hydrogen-bond donors (Lipinski definition) is 1. The van der Waals surface area contributed by atoms with E-state index in [9.17, 15) is 18.0 Å². The second-order valence-corrected chi connectivity index (χ2v) is 6.53. The van der Waals surface area contributed by atoms with Crippen LogP contribution in [0.4, 0.5) is 13.2 Å². The molecule has 1 aromatic carbocycles. The van der Waals surface area contributed by atoms with Crippen LogP contribution in [0.1, 0.15) is 30.0 Å². The molecule has 0 radical (unpaired) electrons. The van der Waals surface area contributed by atoms with E-state index in [1.54, 1.807) is 0 Å². The Morgan fingerprint density at radius 1 is 1.19 bits per heavy atom. The smallest absolute Gasteiger partial charge is 0.379 e. The van der Waals surface area contributed by atoms with E-state index in [0.29, 0.717) is 45.9 Å². The van der Waals surface area contributed by atoms with Gasteiger partial charge in [0.15, 0.2) is 0 Å². The number of hydrogen-bond acceptors (Lipinski definition) is 4. The van der Waals surface area contributed by atoms with Crippen molar-refractivity contribution < 1.29 is 27.4 Å². The average Bonchev–Trinajstić information content (AvgIpc) is 3.17. The molecular weight excluding hydrogens is 349 g/mol. The summed E-state index contributed by atoms with van der Waals surface area (Å²) in [6.45, 7) is 3.38. The van der Waals surface area contributed by atoms with Gasteiger partial charge in [0.05, 0.1) is 24.8 Å². The molecule has 0 aromatic heterocycles. The number of morpholine rings is 1. The number of ether oxygens (including phenoxy) is 2. The highest BCUT2D eigenvalue weighted by molar-refractivity contribution is 5.81. The highest BCUT2D eigenvalue weighted by Gasteiger charge is 2.31. The second kappa shape index (κ2) is 8.37. The van der Waals surface area contributed by atoms with Crippen LogP contribution in [0.2, 0.25) is 0 Å². The monoisotopic (exact) mass is 372 g/mol. The van der Waals surface area contributed by atoms with Gasteiger partial charge in [-0.05, 0) is 30.5 Å². The number of amides is 1. The van der Waals surface area contributed by atoms with Crippen molar-refractivity contribution in [2.24, 2.45) is 0 Å². The Balaban J connectivity index is 1.71. The lowest BCUT2D eigenvalue weighted by Gasteiger charge is -2.35. The van der Waals surface area contributed by atoms with Crippen LogP contribution in [0.25, 0.3) is 0 Å². The molecule has 26 heavy (non-hydrogen) atoms. The lowest BCUT2D eigenvalue weighted by Crippen LogP contribution is -2.45. The first kappa shape index (κ1) is 19.1. The van der Waals surface area contributed by atoms with E-state index in [2.05, 4.69) is 10.2 Å². The Morgan fingerprint density at radius 2 is 1.88 bits per heavy atom. The first-order valence-electron chi connectivity index (χ1n) is 8.83. The Kier molecular flexibility index (Phi) is 6.16. The molecule has 0 bridgehead atoms. The highest BCUT2D eigenvalue weighted by Crippen LogP contribution is 2.31. The van der Waals surface area contributed by atoms with Gasteiger partial charge in [0.2, 0.25) is 5.91 Å². The zero-order valence-corrected chi connectivity index (χ0v) is 14.4. The van der Waals surface area contributed by atoms with E-state index < -0.39 is 17.8 Å². The fraction of sp³-hybridized carbons (Fsp3) is 0.611. The number of carbonyl (C=O) groups is 1. The highest BCUT2D eigenvalue weighted by atomic mass is 19.4. The van der Waals surface area contributed by atoms with Crippen LogP contribution in [0.3, 0.4) is 0 Å². The standard InChI is InChI=1S/C18H23F3N2O3/c19-18(20,21)14-5-3-13(4-6-14)15(23-7-10-25-11-8-23)12-22-17(24)16-2-1-9-26-16/h3-6,15-16H,1-2,7-12H2,(H,22,24)/t15-,16+/m0/s1. The molecule has 2 aliphatic heterocycles. The van der Waals surface area contributed by atoms with Gasteiger partial charge in [-0.2, -0.15) is 13.2 Å². The Hall–Kier alpha value is -1.64. The molecule has 0 unspecified atom stereocenters. The largest absolute Gasteiger partial charge is 0.416 e. The zero-order chi connectivity index (χ0) is 18.6. The van der Waals surface area contributed by atoms with Gasteiger partial charge >= 0.3 is 6.18 Å². The van der Waals surface area contributed by atoms with Crippen LogP contribution < -0.4 is 5.32 Å². The third-order valence-electron chi connectivity index (χ3n) is 4.80. The summed E-state index contributed by atoms with van der Waals surface area (Å²) in [6, 6.07) is 4.95. The molecule has 0 spiro atoms. The van der Waals surface area contributed by atoms with Crippen molar-refractivity contribution in [2.75, 3.05) is 39.5 Å². The predicted octanol–water partition coefficient (Wildman–Crippen LogP) is 2.37. The molecule has 144 valence electrons. The van der Waals surface area contributed by atoms with E-state index in [1.807, 2.05) is 0 Å². The number of rotatable bonds is 5. The first-order valence-corrected chi connectivity index (χ1v) is 8.83. The Morgan fingerprint density at radius 3 is 2.46 bits per heavy atom. The van der Waals surface area contributed by atoms with Gasteiger partial charge in [-0.3, -0.25) is 9.69 Å². The van der Waals surface area contributed by atoms with E-state index in [1.165, 1.54) is 12.1 Å². The maximum atomic E-state index is 12.8. The van der Waals surface area contributed by atoms with Crippen LogP contribution in [-0.4, -0.2) is 56.4 Å². The first-order chi connectivity index (χ1) is 12.4. The number of halogens is 3. The van der Waals surface area contributed by atoms with Crippen LogP contribution in [0, 0.1) is 0 Å². The zero-order valence-electron chi connectivity index (χ0n) is 14.4. The predicted molar refractivity (Wildman–Crippen MR) is 88.6 cm³/mol. The van der Waals surface area contributed by atoms with Crippen LogP contribution in [0.5, 0.6) is 0 Å². The SMILES string of the molecule is O=C(NC[C@@H](c1ccc(C(F)(F)F)cc1)N1CCOCC1)[C@H]1CCCO1. The summed E-state index contributed by atoms with van der Waals surface area (Å²) in [4.78, 5) is 14.3. The van der Waals surface area contributed by atoms with Crippen molar-refractivity contribution in [3.8, 4) is 0 Å². The molecule has 0 aliphatic carbocycles. The topological polar surface area (TPSA) is 50.8 Å². The normalized spacial score (nSPS) is 23.0. The van der Waals surface area contributed by atoms with Gasteiger partial charge in [-0.1, -0.05) is 12.1 Å². The minimum atomic E-state index is -4.36. The fourth-order valence-electron chi connectivity index (χ4n) is 3.34. The summed E-state index contributed by atoms with van der Waals surface area (Å²) in [5, 5.41) is 2.90. The molecule has 2 heterocycles. The molecule has 2 fully saturated rings. The molecule has 1 amide bonds. The number of nitrogens with one attached hydrogen (secondary N) is 1. The van der Waals surface area contributed by atoms with Crippen molar-refractivity contribution in [3.05, 3.63) is 35.4 Å². The van der Waals surface area contributed by atoms with Crippen LogP contribution >= 0.6 is 0 Å². The third-order valence-corrected chi connectivity index (χ3v) is 4.80. The molecular formula is C18H23F3N2O3. The van der Waals surface area contributed by atoms with Crippen molar-refractivity contribution in [3.63, 3.8) is 0 Å². The van der Waals surface area contributed by atoms with Gasteiger partial charge in [-0.25, -0.2) is 0 Å². The Bertz CT molecular complexity index is 595. The molecule has 5 nitrogen and oxygen atoms in total.